The van der Waals surface area contributed by atoms with Crippen LogP contribution >= 0.6 is 11.6 Å². The number of para-hydroxylation sites is 1. The monoisotopic (exact) mass is 499 g/mol. The van der Waals surface area contributed by atoms with Crippen molar-refractivity contribution < 1.29 is 19.2 Å². The molecule has 1 aliphatic heterocycles. The minimum atomic E-state index is -0.647. The third-order valence-electron chi connectivity index (χ3n) is 5.72. The Morgan fingerprint density at radius 3 is 2.47 bits per heavy atom. The van der Waals surface area contributed by atoms with Crippen LogP contribution in [-0.4, -0.2) is 16.7 Å². The summed E-state index contributed by atoms with van der Waals surface area (Å²) in [6.45, 7) is 0.0241. The van der Waals surface area contributed by atoms with E-state index in [4.69, 9.17) is 16.3 Å². The smallest absolute Gasteiger partial charge is 0.313 e. The normalized spacial score (nSPS) is 14.4. The van der Waals surface area contributed by atoms with E-state index in [9.17, 15) is 19.7 Å². The number of benzene rings is 4. The van der Waals surface area contributed by atoms with Crippen molar-refractivity contribution in [2.45, 2.75) is 6.61 Å². The van der Waals surface area contributed by atoms with E-state index in [1.54, 1.807) is 30.3 Å². The van der Waals surface area contributed by atoms with Crippen LogP contribution in [0.4, 0.5) is 11.4 Å². The van der Waals surface area contributed by atoms with E-state index in [0.717, 1.165) is 21.3 Å². The molecule has 1 heterocycles. The molecule has 1 N–H and O–H groups in total. The van der Waals surface area contributed by atoms with Gasteiger partial charge >= 0.3 is 5.69 Å². The van der Waals surface area contributed by atoms with E-state index in [1.165, 1.54) is 18.2 Å². The fraction of sp³-hybridized carbons (Fsp3) is 0.0370. The van der Waals surface area contributed by atoms with Crippen molar-refractivity contribution in [3.63, 3.8) is 0 Å². The summed E-state index contributed by atoms with van der Waals surface area (Å²) in [4.78, 5) is 36.9. The Hall–Kier alpha value is -4.69. The Bertz CT molecular complexity index is 1550. The van der Waals surface area contributed by atoms with E-state index < -0.39 is 16.7 Å². The Labute approximate surface area is 210 Å². The van der Waals surface area contributed by atoms with Crippen LogP contribution in [0.25, 0.3) is 16.8 Å². The van der Waals surface area contributed by atoms with Gasteiger partial charge in [0.1, 0.15) is 12.2 Å². The fourth-order valence-electron chi connectivity index (χ4n) is 4.04. The first-order valence-electron chi connectivity index (χ1n) is 10.9. The zero-order chi connectivity index (χ0) is 25.2. The van der Waals surface area contributed by atoms with Gasteiger partial charge in [0.15, 0.2) is 0 Å². The van der Waals surface area contributed by atoms with E-state index in [-0.39, 0.29) is 34.2 Å². The van der Waals surface area contributed by atoms with Crippen molar-refractivity contribution in [1.29, 1.82) is 0 Å². The Kier molecular flexibility index (Phi) is 6.10. The van der Waals surface area contributed by atoms with Gasteiger partial charge in [0.2, 0.25) is 5.75 Å². The van der Waals surface area contributed by atoms with Crippen molar-refractivity contribution in [3.05, 3.63) is 117 Å². The average Bonchev–Trinajstić information content (AvgIpc) is 3.16. The summed E-state index contributed by atoms with van der Waals surface area (Å²) in [5.41, 5.74) is 3.37. The molecule has 0 aromatic heterocycles. The van der Waals surface area contributed by atoms with Crippen LogP contribution in [0.2, 0.25) is 5.02 Å². The highest BCUT2D eigenvalue weighted by atomic mass is 35.5. The Morgan fingerprint density at radius 2 is 1.69 bits per heavy atom. The van der Waals surface area contributed by atoms with Gasteiger partial charge in [0.25, 0.3) is 11.8 Å². The number of fused-ring (bicyclic) bond motifs is 1. The minimum absolute atomic E-state index is 0.0241. The molecule has 0 saturated carbocycles. The number of nitro benzene ring substituents is 1. The summed E-state index contributed by atoms with van der Waals surface area (Å²) < 4.78 is 5.97. The number of nitro groups is 1. The van der Waals surface area contributed by atoms with E-state index in [0.29, 0.717) is 5.69 Å². The quantitative estimate of drug-likeness (QED) is 0.165. The van der Waals surface area contributed by atoms with Crippen molar-refractivity contribution in [2.75, 3.05) is 5.01 Å². The number of rotatable bonds is 6. The molecular formula is C27H18ClN3O5. The topological polar surface area (TPSA) is 102 Å². The molecule has 4 aromatic rings. The number of ether oxygens (including phenoxy) is 1. The largest absolute Gasteiger partial charge is 0.481 e. The third kappa shape index (κ3) is 4.37. The fourth-order valence-corrected chi connectivity index (χ4v) is 4.26. The SMILES string of the molecule is O=C1NN(c2ccccc2)C(=O)C1=Cc1cc(Cl)cc([N+](=O)[O-])c1OCc1cccc2ccccc12. The number of hydrogen-bond acceptors (Lipinski definition) is 5. The van der Waals surface area contributed by atoms with Crippen molar-refractivity contribution in [3.8, 4) is 5.75 Å². The molecule has 1 aliphatic rings. The van der Waals surface area contributed by atoms with Crippen molar-refractivity contribution >= 4 is 51.6 Å². The standard InChI is InChI=1S/C27H18ClN3O5/c28-20-13-19(14-23-26(32)29-30(27(23)33)21-10-2-1-3-11-21)25(24(15-20)31(34)35)36-16-18-9-6-8-17-7-4-5-12-22(17)18/h1-15H,16H2,(H,29,32). The molecule has 8 nitrogen and oxygen atoms in total. The Balaban J connectivity index is 1.54. The molecule has 2 amide bonds. The maximum absolute atomic E-state index is 13.0. The molecule has 0 unspecified atom stereocenters. The number of nitrogens with zero attached hydrogens (tertiary/aromatic N) is 2. The molecule has 0 spiro atoms. The van der Waals surface area contributed by atoms with Gasteiger partial charge in [-0.05, 0) is 40.6 Å². The first-order valence-corrected chi connectivity index (χ1v) is 11.3. The number of carbonyl (C=O) groups is 2. The highest BCUT2D eigenvalue weighted by Gasteiger charge is 2.35. The van der Waals surface area contributed by atoms with Crippen molar-refractivity contribution in [2.24, 2.45) is 0 Å². The molecule has 9 heteroatoms. The predicted octanol–water partition coefficient (Wildman–Crippen LogP) is 5.44. The van der Waals surface area contributed by atoms with Gasteiger partial charge in [0, 0.05) is 16.7 Å². The molecule has 1 fully saturated rings. The molecule has 4 aromatic carbocycles. The highest BCUT2D eigenvalue weighted by Crippen LogP contribution is 2.37. The van der Waals surface area contributed by atoms with Crippen LogP contribution in [0.3, 0.4) is 0 Å². The zero-order valence-corrected chi connectivity index (χ0v) is 19.4. The molecular weight excluding hydrogens is 482 g/mol. The molecule has 0 bridgehead atoms. The van der Waals surface area contributed by atoms with E-state index >= 15 is 0 Å². The maximum atomic E-state index is 13.0. The van der Waals surface area contributed by atoms with Crippen molar-refractivity contribution in [1.82, 2.24) is 5.43 Å². The number of amides is 2. The lowest BCUT2D eigenvalue weighted by atomic mass is 10.0. The van der Waals surface area contributed by atoms with E-state index in [2.05, 4.69) is 5.43 Å². The number of anilines is 1. The zero-order valence-electron chi connectivity index (χ0n) is 18.7. The number of hydrazine groups is 1. The maximum Gasteiger partial charge on any atom is 0.313 e. The molecule has 0 radical (unpaired) electrons. The number of nitrogens with one attached hydrogen (secondary N) is 1. The van der Waals surface area contributed by atoms with Crippen LogP contribution < -0.4 is 15.2 Å². The second-order valence-electron chi connectivity index (χ2n) is 8.00. The van der Waals surface area contributed by atoms with Gasteiger partial charge in [-0.15, -0.1) is 0 Å². The van der Waals surface area contributed by atoms with Crippen LogP contribution in [0.15, 0.2) is 90.5 Å². The number of halogens is 1. The van der Waals surface area contributed by atoms with Gasteiger partial charge < -0.3 is 4.74 Å². The van der Waals surface area contributed by atoms with Gasteiger partial charge in [-0.25, -0.2) is 5.01 Å². The van der Waals surface area contributed by atoms with Crippen LogP contribution in [0.5, 0.6) is 5.75 Å². The second-order valence-corrected chi connectivity index (χ2v) is 8.44. The average molecular weight is 500 g/mol. The van der Waals surface area contributed by atoms with Gasteiger partial charge in [-0.1, -0.05) is 72.3 Å². The van der Waals surface area contributed by atoms with Crippen LogP contribution in [0.1, 0.15) is 11.1 Å². The van der Waals surface area contributed by atoms with E-state index in [1.807, 2.05) is 42.5 Å². The summed E-state index contributed by atoms with van der Waals surface area (Å²) in [7, 11) is 0. The first kappa shape index (κ1) is 23.1. The lowest BCUT2D eigenvalue weighted by Crippen LogP contribution is -2.35. The summed E-state index contributed by atoms with van der Waals surface area (Å²) in [6.07, 6.45) is 1.26. The number of carbonyl (C=O) groups excluding carboxylic acids is 2. The summed E-state index contributed by atoms with van der Waals surface area (Å²) in [5.74, 6) is -1.34. The molecule has 1 saturated heterocycles. The number of hydrogen-bond donors (Lipinski definition) is 1. The third-order valence-corrected chi connectivity index (χ3v) is 5.94. The van der Waals surface area contributed by atoms with Gasteiger partial charge in [0.05, 0.1) is 10.6 Å². The molecule has 0 atom stereocenters. The van der Waals surface area contributed by atoms with Gasteiger partial charge in [-0.2, -0.15) is 0 Å². The summed E-state index contributed by atoms with van der Waals surface area (Å²) in [6, 6.07) is 24.6. The summed E-state index contributed by atoms with van der Waals surface area (Å²) >= 11 is 6.16. The first-order chi connectivity index (χ1) is 17.4. The summed E-state index contributed by atoms with van der Waals surface area (Å²) in [5, 5.41) is 15.0. The molecule has 5 rings (SSSR count). The lowest BCUT2D eigenvalue weighted by Gasteiger charge is -2.14. The minimum Gasteiger partial charge on any atom is -0.481 e. The lowest BCUT2D eigenvalue weighted by molar-refractivity contribution is -0.385. The van der Waals surface area contributed by atoms with Crippen LogP contribution in [0, 0.1) is 10.1 Å². The molecule has 178 valence electrons. The highest BCUT2D eigenvalue weighted by molar-refractivity contribution is 6.32. The second kappa shape index (κ2) is 9.52. The predicted molar refractivity (Wildman–Crippen MR) is 136 cm³/mol. The van der Waals surface area contributed by atoms with Gasteiger partial charge in [-0.3, -0.25) is 25.1 Å². The molecule has 0 aliphatic carbocycles. The van der Waals surface area contributed by atoms with Crippen LogP contribution in [-0.2, 0) is 16.2 Å². The molecule has 36 heavy (non-hydrogen) atoms. The Morgan fingerprint density at radius 1 is 0.972 bits per heavy atom.